The molecular weight excluding hydrogens is 296 g/mol. The number of amides is 1. The summed E-state index contributed by atoms with van der Waals surface area (Å²) in [4.78, 5) is 24.5. The van der Waals surface area contributed by atoms with Crippen LogP contribution in [0.25, 0.3) is 0 Å². The molecule has 1 saturated carbocycles. The van der Waals surface area contributed by atoms with Crippen LogP contribution in [0.1, 0.15) is 36.0 Å². The lowest BCUT2D eigenvalue weighted by Crippen LogP contribution is -2.33. The first-order valence-electron chi connectivity index (χ1n) is 7.69. The molecule has 2 rings (SSSR count). The first-order chi connectivity index (χ1) is 11.1. The van der Waals surface area contributed by atoms with Crippen molar-refractivity contribution in [1.29, 1.82) is 5.26 Å². The summed E-state index contributed by atoms with van der Waals surface area (Å²) in [6.07, 6.45) is 3.73. The van der Waals surface area contributed by atoms with Gasteiger partial charge in [-0.3, -0.25) is 14.9 Å². The minimum Gasteiger partial charge on any atom is -0.365 e. The van der Waals surface area contributed by atoms with E-state index in [9.17, 15) is 14.9 Å². The van der Waals surface area contributed by atoms with Crippen LogP contribution in [0.3, 0.4) is 0 Å². The van der Waals surface area contributed by atoms with Gasteiger partial charge in [-0.1, -0.05) is 6.42 Å². The zero-order chi connectivity index (χ0) is 16.8. The molecule has 1 aliphatic carbocycles. The van der Waals surface area contributed by atoms with Gasteiger partial charge in [0, 0.05) is 31.8 Å². The molecule has 1 amide bonds. The van der Waals surface area contributed by atoms with Crippen LogP contribution < -0.4 is 10.2 Å². The average Bonchev–Trinajstić information content (AvgIpc) is 2.52. The number of anilines is 1. The quantitative estimate of drug-likeness (QED) is 0.615. The van der Waals surface area contributed by atoms with E-state index in [-0.39, 0.29) is 17.2 Å². The topological polar surface area (TPSA) is 99.3 Å². The first kappa shape index (κ1) is 16.7. The number of nitrogens with one attached hydrogen (secondary N) is 1. The Morgan fingerprint density at radius 2 is 2.26 bits per heavy atom. The Hall–Kier alpha value is -2.62. The van der Waals surface area contributed by atoms with Crippen LogP contribution in [0, 0.1) is 27.4 Å². The molecule has 0 heterocycles. The van der Waals surface area contributed by atoms with Crippen LogP contribution >= 0.6 is 0 Å². The van der Waals surface area contributed by atoms with E-state index in [2.05, 4.69) is 11.4 Å². The van der Waals surface area contributed by atoms with Crippen LogP contribution in [-0.2, 0) is 0 Å². The summed E-state index contributed by atoms with van der Waals surface area (Å²) in [5, 5.41) is 22.7. The van der Waals surface area contributed by atoms with Crippen molar-refractivity contribution >= 4 is 17.3 Å². The standard InChI is InChI=1S/C16H20N4O3/c1-18-16(21)13-6-7-14(15(10-13)20(22)23)19(9-3-8-17)11-12-4-2-5-12/h6-7,10,12H,2-5,9,11H2,1H3,(H,18,21). The second kappa shape index (κ2) is 7.58. The van der Waals surface area contributed by atoms with Crippen LogP contribution in [0.4, 0.5) is 11.4 Å². The Labute approximate surface area is 135 Å². The smallest absolute Gasteiger partial charge is 0.293 e. The fraction of sp³-hybridized carbons (Fsp3) is 0.500. The third-order valence-corrected chi connectivity index (χ3v) is 4.20. The summed E-state index contributed by atoms with van der Waals surface area (Å²) in [5.74, 6) is 0.161. The Morgan fingerprint density at radius 1 is 1.52 bits per heavy atom. The summed E-state index contributed by atoms with van der Waals surface area (Å²) in [6, 6.07) is 6.58. The number of rotatable bonds is 7. The lowest BCUT2D eigenvalue weighted by Gasteiger charge is -2.33. The fourth-order valence-electron chi connectivity index (χ4n) is 2.70. The molecule has 1 aliphatic rings. The maximum Gasteiger partial charge on any atom is 0.293 e. The van der Waals surface area contributed by atoms with E-state index in [1.54, 1.807) is 12.1 Å². The summed E-state index contributed by atoms with van der Waals surface area (Å²) >= 11 is 0. The van der Waals surface area contributed by atoms with E-state index in [4.69, 9.17) is 5.26 Å². The number of nitrogens with zero attached hydrogens (tertiary/aromatic N) is 3. The van der Waals surface area contributed by atoms with Gasteiger partial charge in [0.2, 0.25) is 0 Å². The van der Waals surface area contributed by atoms with Crippen molar-refractivity contribution in [2.75, 3.05) is 25.0 Å². The van der Waals surface area contributed by atoms with Crippen molar-refractivity contribution in [3.05, 3.63) is 33.9 Å². The number of carbonyl (C=O) groups is 1. The number of hydrogen-bond acceptors (Lipinski definition) is 5. The molecule has 23 heavy (non-hydrogen) atoms. The highest BCUT2D eigenvalue weighted by Gasteiger charge is 2.26. The third-order valence-electron chi connectivity index (χ3n) is 4.20. The molecule has 0 radical (unpaired) electrons. The highest BCUT2D eigenvalue weighted by atomic mass is 16.6. The van der Waals surface area contributed by atoms with E-state index >= 15 is 0 Å². The molecule has 0 unspecified atom stereocenters. The summed E-state index contributed by atoms with van der Waals surface area (Å²) in [5.41, 5.74) is 0.639. The molecule has 0 spiro atoms. The molecule has 7 nitrogen and oxygen atoms in total. The van der Waals surface area contributed by atoms with Crippen molar-refractivity contribution in [2.45, 2.75) is 25.7 Å². The summed E-state index contributed by atoms with van der Waals surface area (Å²) in [6.45, 7) is 1.16. The van der Waals surface area contributed by atoms with Gasteiger partial charge in [0.25, 0.3) is 11.6 Å². The molecule has 1 N–H and O–H groups in total. The van der Waals surface area contributed by atoms with Gasteiger partial charge in [0.15, 0.2) is 0 Å². The number of nitro benzene ring substituents is 1. The van der Waals surface area contributed by atoms with Gasteiger partial charge in [0.05, 0.1) is 17.4 Å². The lowest BCUT2D eigenvalue weighted by molar-refractivity contribution is -0.384. The van der Waals surface area contributed by atoms with Crippen molar-refractivity contribution in [3.63, 3.8) is 0 Å². The predicted molar refractivity (Wildman–Crippen MR) is 86.3 cm³/mol. The molecule has 1 fully saturated rings. The molecular formula is C16H20N4O3. The van der Waals surface area contributed by atoms with Gasteiger partial charge in [-0.25, -0.2) is 0 Å². The first-order valence-corrected chi connectivity index (χ1v) is 7.69. The maximum atomic E-state index is 11.7. The van der Waals surface area contributed by atoms with Crippen molar-refractivity contribution in [1.82, 2.24) is 5.32 Å². The van der Waals surface area contributed by atoms with E-state index in [0.29, 0.717) is 31.1 Å². The van der Waals surface area contributed by atoms with E-state index in [1.807, 2.05) is 4.90 Å². The number of carbonyl (C=O) groups excluding carboxylic acids is 1. The highest BCUT2D eigenvalue weighted by molar-refractivity contribution is 5.95. The van der Waals surface area contributed by atoms with Crippen molar-refractivity contribution in [3.8, 4) is 6.07 Å². The van der Waals surface area contributed by atoms with Gasteiger partial charge in [0.1, 0.15) is 5.69 Å². The van der Waals surface area contributed by atoms with E-state index in [1.165, 1.54) is 19.5 Å². The van der Waals surface area contributed by atoms with Crippen LogP contribution in [0.5, 0.6) is 0 Å². The van der Waals surface area contributed by atoms with Crippen LogP contribution in [0.15, 0.2) is 18.2 Å². The van der Waals surface area contributed by atoms with Gasteiger partial charge in [-0.05, 0) is 30.9 Å². The Morgan fingerprint density at radius 3 is 2.78 bits per heavy atom. The molecule has 0 bridgehead atoms. The maximum absolute atomic E-state index is 11.7. The van der Waals surface area contributed by atoms with Crippen LogP contribution in [0.2, 0.25) is 0 Å². The predicted octanol–water partition coefficient (Wildman–Crippen LogP) is 2.47. The Kier molecular flexibility index (Phi) is 5.52. The lowest BCUT2D eigenvalue weighted by atomic mass is 9.85. The van der Waals surface area contributed by atoms with Gasteiger partial charge >= 0.3 is 0 Å². The van der Waals surface area contributed by atoms with Crippen LogP contribution in [-0.4, -0.2) is 31.0 Å². The van der Waals surface area contributed by atoms with E-state index < -0.39 is 4.92 Å². The number of nitriles is 1. The minimum atomic E-state index is -0.470. The SMILES string of the molecule is CNC(=O)c1ccc(N(CCC#N)CC2CCC2)c([N+](=O)[O-])c1. The van der Waals surface area contributed by atoms with Gasteiger partial charge in [-0.2, -0.15) is 5.26 Å². The highest BCUT2D eigenvalue weighted by Crippen LogP contribution is 2.33. The summed E-state index contributed by atoms with van der Waals surface area (Å²) in [7, 11) is 1.48. The molecule has 1 aromatic rings. The third kappa shape index (κ3) is 3.97. The van der Waals surface area contributed by atoms with Crippen molar-refractivity contribution in [2.24, 2.45) is 5.92 Å². The monoisotopic (exact) mass is 316 g/mol. The van der Waals surface area contributed by atoms with Gasteiger partial charge in [-0.15, -0.1) is 0 Å². The normalized spacial score (nSPS) is 13.7. The number of hydrogen-bond donors (Lipinski definition) is 1. The van der Waals surface area contributed by atoms with Crippen molar-refractivity contribution < 1.29 is 9.72 Å². The largest absolute Gasteiger partial charge is 0.365 e. The molecule has 0 aliphatic heterocycles. The molecule has 1 aromatic carbocycles. The molecule has 0 aromatic heterocycles. The fourth-order valence-corrected chi connectivity index (χ4v) is 2.70. The zero-order valence-electron chi connectivity index (χ0n) is 13.1. The molecule has 7 heteroatoms. The molecule has 0 atom stereocenters. The molecule has 0 saturated heterocycles. The Bertz CT molecular complexity index is 635. The number of benzene rings is 1. The second-order valence-corrected chi connectivity index (χ2v) is 5.69. The second-order valence-electron chi connectivity index (χ2n) is 5.69. The van der Waals surface area contributed by atoms with E-state index in [0.717, 1.165) is 12.8 Å². The zero-order valence-corrected chi connectivity index (χ0v) is 13.1. The number of nitro groups is 1. The Balaban J connectivity index is 2.33. The molecule has 122 valence electrons. The summed E-state index contributed by atoms with van der Waals surface area (Å²) < 4.78 is 0. The minimum absolute atomic E-state index is 0.0941. The average molecular weight is 316 g/mol. The van der Waals surface area contributed by atoms with Gasteiger partial charge < -0.3 is 10.2 Å².